The van der Waals surface area contributed by atoms with Crippen molar-refractivity contribution in [1.29, 1.82) is 0 Å². The van der Waals surface area contributed by atoms with Crippen LogP contribution in [-0.4, -0.2) is 32.6 Å². The molecule has 0 bridgehead atoms. The van der Waals surface area contributed by atoms with E-state index < -0.39 is 10.0 Å². The average Bonchev–Trinajstić information content (AvgIpc) is 2.60. The standard InChI is InChI=1S/C19H21NO3S/c1-4-15-8-10-16(11-9-15)12-13-19(21)17-6-5-7-18(14-17)24(22,23)20(2)3/h5-14H,4H2,1-3H3/b13-12+. The Morgan fingerprint density at radius 1 is 1.08 bits per heavy atom. The molecule has 126 valence electrons. The summed E-state index contributed by atoms with van der Waals surface area (Å²) in [4.78, 5) is 12.4. The van der Waals surface area contributed by atoms with Gasteiger partial charge in [0, 0.05) is 19.7 Å². The van der Waals surface area contributed by atoms with Crippen molar-refractivity contribution in [1.82, 2.24) is 4.31 Å². The van der Waals surface area contributed by atoms with Gasteiger partial charge in [0.15, 0.2) is 5.78 Å². The van der Waals surface area contributed by atoms with Crippen LogP contribution in [0, 0.1) is 0 Å². The maximum Gasteiger partial charge on any atom is 0.242 e. The summed E-state index contributed by atoms with van der Waals surface area (Å²) in [5, 5.41) is 0. The third kappa shape index (κ3) is 4.19. The maximum absolute atomic E-state index is 12.3. The third-order valence-electron chi connectivity index (χ3n) is 3.71. The maximum atomic E-state index is 12.3. The van der Waals surface area contributed by atoms with Gasteiger partial charge in [0.1, 0.15) is 0 Å². The minimum absolute atomic E-state index is 0.110. The molecule has 0 aliphatic heterocycles. The van der Waals surface area contributed by atoms with Crippen LogP contribution in [0.2, 0.25) is 0 Å². The van der Waals surface area contributed by atoms with E-state index in [0.29, 0.717) is 5.56 Å². The molecular weight excluding hydrogens is 322 g/mol. The van der Waals surface area contributed by atoms with Crippen LogP contribution in [0.25, 0.3) is 6.08 Å². The fourth-order valence-electron chi connectivity index (χ4n) is 2.15. The molecule has 0 aromatic heterocycles. The molecule has 0 heterocycles. The summed E-state index contributed by atoms with van der Waals surface area (Å²) < 4.78 is 25.4. The average molecular weight is 343 g/mol. The number of aryl methyl sites for hydroxylation is 1. The van der Waals surface area contributed by atoms with E-state index in [0.717, 1.165) is 16.3 Å². The Labute approximate surface area is 143 Å². The summed E-state index contributed by atoms with van der Waals surface area (Å²) in [7, 11) is -0.627. The number of hydrogen-bond donors (Lipinski definition) is 0. The Morgan fingerprint density at radius 3 is 2.33 bits per heavy atom. The van der Waals surface area contributed by atoms with Crippen molar-refractivity contribution < 1.29 is 13.2 Å². The zero-order chi connectivity index (χ0) is 17.7. The van der Waals surface area contributed by atoms with Crippen molar-refractivity contribution >= 4 is 21.9 Å². The fraction of sp³-hybridized carbons (Fsp3) is 0.211. The predicted molar refractivity (Wildman–Crippen MR) is 96.5 cm³/mol. The van der Waals surface area contributed by atoms with E-state index in [9.17, 15) is 13.2 Å². The highest BCUT2D eigenvalue weighted by Gasteiger charge is 2.18. The Balaban J connectivity index is 2.22. The number of carbonyl (C=O) groups excluding carboxylic acids is 1. The van der Waals surface area contributed by atoms with Gasteiger partial charge >= 0.3 is 0 Å². The summed E-state index contributed by atoms with van der Waals surface area (Å²) in [6.07, 6.45) is 4.16. The van der Waals surface area contributed by atoms with Crippen molar-refractivity contribution in [3.63, 3.8) is 0 Å². The van der Waals surface area contributed by atoms with Gasteiger partial charge in [0.05, 0.1) is 4.90 Å². The molecule has 0 radical (unpaired) electrons. The van der Waals surface area contributed by atoms with E-state index >= 15 is 0 Å². The fourth-order valence-corrected chi connectivity index (χ4v) is 3.10. The number of benzene rings is 2. The van der Waals surface area contributed by atoms with Crippen LogP contribution < -0.4 is 0 Å². The molecule has 4 nitrogen and oxygen atoms in total. The first-order chi connectivity index (χ1) is 11.3. The summed E-state index contributed by atoms with van der Waals surface area (Å²) in [6.45, 7) is 2.09. The second-order valence-corrected chi connectivity index (χ2v) is 7.76. The Kier molecular flexibility index (Phi) is 5.70. The van der Waals surface area contributed by atoms with Crippen LogP contribution >= 0.6 is 0 Å². The van der Waals surface area contributed by atoms with Crippen molar-refractivity contribution in [2.24, 2.45) is 0 Å². The molecule has 0 spiro atoms. The molecule has 0 atom stereocenters. The number of nitrogens with zero attached hydrogens (tertiary/aromatic N) is 1. The lowest BCUT2D eigenvalue weighted by molar-refractivity contribution is 0.104. The Morgan fingerprint density at radius 2 is 1.75 bits per heavy atom. The first kappa shape index (κ1) is 18.1. The van der Waals surface area contributed by atoms with Gasteiger partial charge < -0.3 is 0 Å². The monoisotopic (exact) mass is 343 g/mol. The molecule has 0 aliphatic carbocycles. The van der Waals surface area contributed by atoms with E-state index in [2.05, 4.69) is 6.92 Å². The van der Waals surface area contributed by atoms with Crippen molar-refractivity contribution in [2.75, 3.05) is 14.1 Å². The van der Waals surface area contributed by atoms with Crippen LogP contribution in [0.5, 0.6) is 0 Å². The van der Waals surface area contributed by atoms with Gasteiger partial charge in [-0.25, -0.2) is 12.7 Å². The van der Waals surface area contributed by atoms with Crippen LogP contribution in [0.3, 0.4) is 0 Å². The molecule has 0 saturated carbocycles. The molecule has 24 heavy (non-hydrogen) atoms. The normalized spacial score (nSPS) is 12.0. The SMILES string of the molecule is CCc1ccc(/C=C/C(=O)c2cccc(S(=O)(=O)N(C)C)c2)cc1. The summed E-state index contributed by atoms with van der Waals surface area (Å²) in [6, 6.07) is 14.0. The highest BCUT2D eigenvalue weighted by Crippen LogP contribution is 2.16. The Hall–Kier alpha value is -2.24. The van der Waals surface area contributed by atoms with E-state index in [1.807, 2.05) is 24.3 Å². The molecular formula is C19H21NO3S. The lowest BCUT2D eigenvalue weighted by Crippen LogP contribution is -2.22. The topological polar surface area (TPSA) is 54.5 Å². The van der Waals surface area contributed by atoms with Crippen molar-refractivity contribution in [3.05, 3.63) is 71.3 Å². The molecule has 0 fully saturated rings. The Bertz CT molecular complexity index is 850. The zero-order valence-corrected chi connectivity index (χ0v) is 14.9. The molecule has 2 rings (SSSR count). The number of allylic oxidation sites excluding steroid dienone is 1. The molecule has 5 heteroatoms. The van der Waals surface area contributed by atoms with Gasteiger partial charge in [-0.1, -0.05) is 49.4 Å². The first-order valence-corrected chi connectivity index (χ1v) is 9.12. The highest BCUT2D eigenvalue weighted by molar-refractivity contribution is 7.89. The zero-order valence-electron chi connectivity index (χ0n) is 14.1. The van der Waals surface area contributed by atoms with Gasteiger partial charge in [-0.15, -0.1) is 0 Å². The van der Waals surface area contributed by atoms with Gasteiger partial charge in [-0.05, 0) is 35.8 Å². The number of rotatable bonds is 6. The smallest absolute Gasteiger partial charge is 0.242 e. The predicted octanol–water partition coefficient (Wildman–Crippen LogP) is 3.40. The van der Waals surface area contributed by atoms with Gasteiger partial charge in [0.2, 0.25) is 10.0 Å². The lowest BCUT2D eigenvalue weighted by atomic mass is 10.1. The molecule has 2 aromatic carbocycles. The largest absolute Gasteiger partial charge is 0.289 e. The van der Waals surface area contributed by atoms with Crippen LogP contribution in [0.1, 0.15) is 28.4 Å². The van der Waals surface area contributed by atoms with Crippen LogP contribution in [0.15, 0.2) is 59.5 Å². The van der Waals surface area contributed by atoms with Crippen molar-refractivity contribution in [3.8, 4) is 0 Å². The van der Waals surface area contributed by atoms with E-state index in [4.69, 9.17) is 0 Å². The van der Waals surface area contributed by atoms with Crippen LogP contribution in [0.4, 0.5) is 0 Å². The molecule has 2 aromatic rings. The molecule has 0 amide bonds. The second kappa shape index (κ2) is 7.55. The lowest BCUT2D eigenvalue weighted by Gasteiger charge is -2.11. The third-order valence-corrected chi connectivity index (χ3v) is 5.52. The van der Waals surface area contributed by atoms with Crippen LogP contribution in [-0.2, 0) is 16.4 Å². The molecule has 0 aliphatic rings. The van der Waals surface area contributed by atoms with E-state index in [1.54, 1.807) is 18.2 Å². The van der Waals surface area contributed by atoms with Gasteiger partial charge in [-0.3, -0.25) is 4.79 Å². The minimum Gasteiger partial charge on any atom is -0.289 e. The molecule has 0 saturated heterocycles. The second-order valence-electron chi connectivity index (χ2n) is 5.61. The summed E-state index contributed by atoms with van der Waals surface area (Å²) in [5.41, 5.74) is 2.51. The number of sulfonamides is 1. The van der Waals surface area contributed by atoms with Gasteiger partial charge in [0.25, 0.3) is 0 Å². The first-order valence-electron chi connectivity index (χ1n) is 7.68. The number of carbonyl (C=O) groups is 1. The van der Waals surface area contributed by atoms with Gasteiger partial charge in [-0.2, -0.15) is 0 Å². The molecule has 0 N–H and O–H groups in total. The molecule has 0 unspecified atom stereocenters. The number of hydrogen-bond acceptors (Lipinski definition) is 3. The van der Waals surface area contributed by atoms with Crippen molar-refractivity contribution in [2.45, 2.75) is 18.2 Å². The summed E-state index contributed by atoms with van der Waals surface area (Å²) in [5.74, 6) is -0.231. The minimum atomic E-state index is -3.55. The number of ketones is 1. The van der Waals surface area contributed by atoms with E-state index in [1.165, 1.54) is 37.9 Å². The van der Waals surface area contributed by atoms with E-state index in [-0.39, 0.29) is 10.7 Å². The summed E-state index contributed by atoms with van der Waals surface area (Å²) >= 11 is 0. The quantitative estimate of drug-likeness (QED) is 0.597. The highest BCUT2D eigenvalue weighted by atomic mass is 32.2.